The normalized spacial score (nSPS) is 18.6. The van der Waals surface area contributed by atoms with E-state index < -0.39 is 0 Å². The van der Waals surface area contributed by atoms with Crippen LogP contribution in [0.3, 0.4) is 0 Å². The second-order valence-corrected chi connectivity index (χ2v) is 8.39. The number of guanidine groups is 1. The molecule has 0 bridgehead atoms. The van der Waals surface area contributed by atoms with Crippen LogP contribution in [0.1, 0.15) is 40.4 Å². The predicted octanol–water partition coefficient (Wildman–Crippen LogP) is 3.12. The molecule has 0 fully saturated rings. The molecule has 1 aromatic heterocycles. The van der Waals surface area contributed by atoms with Gasteiger partial charge in [-0.15, -0.1) is 11.3 Å². The van der Waals surface area contributed by atoms with Gasteiger partial charge >= 0.3 is 0 Å². The van der Waals surface area contributed by atoms with Crippen LogP contribution in [0.25, 0.3) is 0 Å². The molecule has 2 aliphatic rings. The van der Waals surface area contributed by atoms with Gasteiger partial charge in [-0.3, -0.25) is 4.99 Å². The van der Waals surface area contributed by atoms with Gasteiger partial charge in [0, 0.05) is 31.3 Å². The molecule has 2 heterocycles. The van der Waals surface area contributed by atoms with Gasteiger partial charge in [0.1, 0.15) is 11.9 Å². The minimum absolute atomic E-state index is 0.169. The summed E-state index contributed by atoms with van der Waals surface area (Å²) in [7, 11) is 1.81. The standard InChI is InChI=1S/C21H28N4OS/c1-22-21(24-14-16-13-15-7-2-4-9-18(15)26-16)23-12-6-11-20-25-17-8-3-5-10-19(17)27-20/h2,4,7,9,16H,3,5-6,8,10-14H2,1H3,(H2,22,23,24). The molecule has 0 saturated heterocycles. The molecular weight excluding hydrogens is 356 g/mol. The Morgan fingerprint density at radius 2 is 2.15 bits per heavy atom. The van der Waals surface area contributed by atoms with Gasteiger partial charge in [0.05, 0.1) is 17.2 Å². The molecule has 1 aromatic carbocycles. The third kappa shape index (κ3) is 4.61. The lowest BCUT2D eigenvalue weighted by atomic mass is 10.0. The summed E-state index contributed by atoms with van der Waals surface area (Å²) in [6.45, 7) is 1.66. The number of aryl methyl sites for hydroxylation is 3. The number of hydrogen-bond acceptors (Lipinski definition) is 4. The van der Waals surface area contributed by atoms with E-state index in [1.165, 1.54) is 46.8 Å². The Bertz CT molecular complexity index is 753. The SMILES string of the molecule is CN=C(NCCCc1nc2c(s1)CCCC2)NCC1Cc2ccccc2O1. The molecule has 1 aliphatic carbocycles. The number of para-hydroxylation sites is 1. The van der Waals surface area contributed by atoms with E-state index in [4.69, 9.17) is 9.72 Å². The van der Waals surface area contributed by atoms with Crippen molar-refractivity contribution in [3.05, 3.63) is 45.4 Å². The van der Waals surface area contributed by atoms with E-state index in [1.54, 1.807) is 0 Å². The van der Waals surface area contributed by atoms with Gasteiger partial charge in [-0.05, 0) is 43.7 Å². The molecule has 2 aromatic rings. The molecule has 1 unspecified atom stereocenters. The molecule has 144 valence electrons. The van der Waals surface area contributed by atoms with Crippen molar-refractivity contribution in [3.8, 4) is 5.75 Å². The summed E-state index contributed by atoms with van der Waals surface area (Å²) in [5.74, 6) is 1.85. The van der Waals surface area contributed by atoms with E-state index in [0.29, 0.717) is 0 Å². The summed E-state index contributed by atoms with van der Waals surface area (Å²) in [6, 6.07) is 8.27. The van der Waals surface area contributed by atoms with E-state index in [1.807, 2.05) is 30.5 Å². The van der Waals surface area contributed by atoms with Crippen LogP contribution in [0, 0.1) is 0 Å². The van der Waals surface area contributed by atoms with Crippen molar-refractivity contribution in [2.24, 2.45) is 4.99 Å². The van der Waals surface area contributed by atoms with Crippen LogP contribution in [-0.2, 0) is 25.7 Å². The fourth-order valence-corrected chi connectivity index (χ4v) is 4.96. The summed E-state index contributed by atoms with van der Waals surface area (Å²) in [4.78, 5) is 10.7. The van der Waals surface area contributed by atoms with E-state index >= 15 is 0 Å². The maximum absolute atomic E-state index is 5.97. The smallest absolute Gasteiger partial charge is 0.191 e. The highest BCUT2D eigenvalue weighted by atomic mass is 32.1. The maximum atomic E-state index is 5.97. The predicted molar refractivity (Wildman–Crippen MR) is 111 cm³/mol. The molecule has 2 N–H and O–H groups in total. The fourth-order valence-electron chi connectivity index (χ4n) is 3.76. The molecular formula is C21H28N4OS. The lowest BCUT2D eigenvalue weighted by Crippen LogP contribution is -2.42. The maximum Gasteiger partial charge on any atom is 0.191 e. The minimum atomic E-state index is 0.169. The Hall–Kier alpha value is -2.08. The average Bonchev–Trinajstić information content (AvgIpc) is 3.30. The van der Waals surface area contributed by atoms with Gasteiger partial charge in [-0.25, -0.2) is 4.98 Å². The zero-order valence-corrected chi connectivity index (χ0v) is 16.8. The Labute approximate surface area is 165 Å². The molecule has 27 heavy (non-hydrogen) atoms. The van der Waals surface area contributed by atoms with Gasteiger partial charge in [-0.2, -0.15) is 0 Å². The summed E-state index contributed by atoms with van der Waals surface area (Å²) < 4.78 is 5.97. The number of fused-ring (bicyclic) bond motifs is 2. The first-order chi connectivity index (χ1) is 13.3. The first kappa shape index (κ1) is 18.3. The van der Waals surface area contributed by atoms with Crippen LogP contribution in [0.15, 0.2) is 29.3 Å². The molecule has 0 amide bonds. The highest BCUT2D eigenvalue weighted by Crippen LogP contribution is 2.28. The number of ether oxygens (including phenoxy) is 1. The zero-order valence-electron chi connectivity index (χ0n) is 16.0. The van der Waals surface area contributed by atoms with Gasteiger partial charge in [0.15, 0.2) is 5.96 Å². The van der Waals surface area contributed by atoms with E-state index in [2.05, 4.69) is 27.8 Å². The topological polar surface area (TPSA) is 58.5 Å². The minimum Gasteiger partial charge on any atom is -0.488 e. The highest BCUT2D eigenvalue weighted by molar-refractivity contribution is 7.11. The number of nitrogens with one attached hydrogen (secondary N) is 2. The van der Waals surface area contributed by atoms with Gasteiger partial charge < -0.3 is 15.4 Å². The molecule has 4 rings (SSSR count). The van der Waals surface area contributed by atoms with Crippen molar-refractivity contribution in [1.29, 1.82) is 0 Å². The molecule has 6 heteroatoms. The number of nitrogens with zero attached hydrogens (tertiary/aromatic N) is 2. The van der Waals surface area contributed by atoms with Crippen LogP contribution in [0.5, 0.6) is 5.75 Å². The Balaban J connectivity index is 1.16. The van der Waals surface area contributed by atoms with Gasteiger partial charge in [-0.1, -0.05) is 18.2 Å². The molecule has 0 spiro atoms. The fraction of sp³-hybridized carbons (Fsp3) is 0.524. The van der Waals surface area contributed by atoms with Crippen molar-refractivity contribution in [3.63, 3.8) is 0 Å². The summed E-state index contributed by atoms with van der Waals surface area (Å²) in [5.41, 5.74) is 2.66. The number of aromatic nitrogens is 1. The van der Waals surface area contributed by atoms with Crippen LogP contribution in [-0.4, -0.2) is 37.2 Å². The molecule has 1 atom stereocenters. The van der Waals surface area contributed by atoms with E-state index in [9.17, 15) is 0 Å². The lowest BCUT2D eigenvalue weighted by molar-refractivity contribution is 0.235. The Morgan fingerprint density at radius 3 is 3.00 bits per heavy atom. The second-order valence-electron chi connectivity index (χ2n) is 7.22. The van der Waals surface area contributed by atoms with Crippen molar-refractivity contribution >= 4 is 17.3 Å². The van der Waals surface area contributed by atoms with Crippen LogP contribution in [0.2, 0.25) is 0 Å². The number of benzene rings is 1. The average molecular weight is 385 g/mol. The van der Waals surface area contributed by atoms with Crippen molar-refractivity contribution < 1.29 is 4.74 Å². The van der Waals surface area contributed by atoms with Crippen molar-refractivity contribution in [1.82, 2.24) is 15.6 Å². The summed E-state index contributed by atoms with van der Waals surface area (Å²) in [5, 5.41) is 8.09. The third-order valence-corrected chi connectivity index (χ3v) is 6.40. The zero-order chi connectivity index (χ0) is 18.5. The lowest BCUT2D eigenvalue weighted by Gasteiger charge is -2.15. The number of hydrogen-bond donors (Lipinski definition) is 2. The second kappa shape index (κ2) is 8.74. The van der Waals surface area contributed by atoms with Gasteiger partial charge in [0.25, 0.3) is 0 Å². The monoisotopic (exact) mass is 384 g/mol. The molecule has 1 aliphatic heterocycles. The molecule has 0 radical (unpaired) electrons. The summed E-state index contributed by atoms with van der Waals surface area (Å²) >= 11 is 1.92. The first-order valence-corrected chi connectivity index (χ1v) is 10.8. The van der Waals surface area contributed by atoms with Crippen molar-refractivity contribution in [2.75, 3.05) is 20.1 Å². The highest BCUT2D eigenvalue weighted by Gasteiger charge is 2.22. The van der Waals surface area contributed by atoms with E-state index in [-0.39, 0.29) is 6.10 Å². The van der Waals surface area contributed by atoms with Gasteiger partial charge in [0.2, 0.25) is 0 Å². The van der Waals surface area contributed by atoms with E-state index in [0.717, 1.165) is 44.1 Å². The first-order valence-electron chi connectivity index (χ1n) is 9.98. The quantitative estimate of drug-likeness (QED) is 0.456. The number of rotatable bonds is 6. The van der Waals surface area contributed by atoms with Crippen LogP contribution < -0.4 is 15.4 Å². The Morgan fingerprint density at radius 1 is 1.26 bits per heavy atom. The van der Waals surface area contributed by atoms with Crippen LogP contribution in [0.4, 0.5) is 0 Å². The third-order valence-electron chi connectivity index (χ3n) is 5.18. The molecule has 0 saturated carbocycles. The number of thiazole rings is 1. The largest absolute Gasteiger partial charge is 0.488 e. The Kier molecular flexibility index (Phi) is 5.92. The molecule has 5 nitrogen and oxygen atoms in total. The van der Waals surface area contributed by atoms with Crippen molar-refractivity contribution in [2.45, 2.75) is 51.0 Å². The van der Waals surface area contributed by atoms with Crippen LogP contribution >= 0.6 is 11.3 Å². The summed E-state index contributed by atoms with van der Waals surface area (Å²) in [6.07, 6.45) is 8.27. The number of aliphatic imine (C=N–C) groups is 1.